The maximum atomic E-state index is 12.3. The number of ether oxygens (including phenoxy) is 1. The fourth-order valence-electron chi connectivity index (χ4n) is 1.55. The van der Waals surface area contributed by atoms with Gasteiger partial charge in [0, 0.05) is 24.7 Å². The largest absolute Gasteiger partial charge is 0.507 e. The van der Waals surface area contributed by atoms with Crippen LogP contribution >= 0.6 is 15.9 Å². The van der Waals surface area contributed by atoms with Crippen LogP contribution in [-0.2, 0) is 4.74 Å². The zero-order chi connectivity index (χ0) is 14.3. The van der Waals surface area contributed by atoms with E-state index in [-0.39, 0.29) is 23.6 Å². The zero-order valence-corrected chi connectivity index (χ0v) is 12.2. The average Bonchev–Trinajstić information content (AvgIpc) is 2.41. The fraction of sp³-hybridized carbons (Fsp3) is 0.385. The molecule has 5 nitrogen and oxygen atoms in total. The third-order valence-electron chi connectivity index (χ3n) is 2.54. The van der Waals surface area contributed by atoms with Crippen molar-refractivity contribution in [2.75, 3.05) is 26.8 Å². The first-order chi connectivity index (χ1) is 9.10. The van der Waals surface area contributed by atoms with Crippen LogP contribution in [0.15, 0.2) is 22.7 Å². The van der Waals surface area contributed by atoms with Gasteiger partial charge in [0.15, 0.2) is 0 Å². The number of halogens is 1. The van der Waals surface area contributed by atoms with Crippen LogP contribution in [0.25, 0.3) is 0 Å². The number of hydrogen-bond acceptors (Lipinski definition) is 4. The van der Waals surface area contributed by atoms with E-state index in [0.717, 1.165) is 0 Å². The second kappa shape index (κ2) is 7.77. The number of amides is 1. The van der Waals surface area contributed by atoms with Crippen molar-refractivity contribution in [2.24, 2.45) is 0 Å². The van der Waals surface area contributed by atoms with Gasteiger partial charge in [0.05, 0.1) is 24.7 Å². The van der Waals surface area contributed by atoms with E-state index in [9.17, 15) is 9.90 Å². The second-order valence-corrected chi connectivity index (χ2v) is 4.77. The highest BCUT2D eigenvalue weighted by Crippen LogP contribution is 2.23. The van der Waals surface area contributed by atoms with Gasteiger partial charge in [-0.15, -0.1) is 0 Å². The number of aromatic hydroxyl groups is 1. The molecule has 0 unspecified atom stereocenters. The molecular weight excluding hydrogens is 312 g/mol. The molecule has 1 N–H and O–H groups in total. The first kappa shape index (κ1) is 15.5. The Bertz CT molecular complexity index is 485. The van der Waals surface area contributed by atoms with Crippen molar-refractivity contribution in [3.8, 4) is 11.8 Å². The molecule has 0 radical (unpaired) electrons. The minimum Gasteiger partial charge on any atom is -0.507 e. The molecular formula is C13H15BrN2O3. The molecule has 0 fully saturated rings. The Kier molecular flexibility index (Phi) is 6.33. The minimum absolute atomic E-state index is 0.0763. The Morgan fingerprint density at radius 2 is 2.26 bits per heavy atom. The minimum atomic E-state index is -0.314. The Morgan fingerprint density at radius 1 is 1.53 bits per heavy atom. The Labute approximate surface area is 120 Å². The third-order valence-corrected chi connectivity index (χ3v) is 3.03. The summed E-state index contributed by atoms with van der Waals surface area (Å²) in [7, 11) is 1.55. The van der Waals surface area contributed by atoms with Crippen molar-refractivity contribution >= 4 is 21.8 Å². The summed E-state index contributed by atoms with van der Waals surface area (Å²) >= 11 is 3.26. The number of phenolic OH excluding ortho intramolecular Hbond substituents is 1. The lowest BCUT2D eigenvalue weighted by Crippen LogP contribution is -2.34. The highest BCUT2D eigenvalue weighted by atomic mass is 79.9. The maximum Gasteiger partial charge on any atom is 0.257 e. The predicted molar refractivity (Wildman–Crippen MR) is 73.8 cm³/mol. The quantitative estimate of drug-likeness (QED) is 0.869. The standard InChI is InChI=1S/C13H15BrN2O3/c1-19-8-7-16(6-2-5-15)13(18)11-9-10(14)3-4-12(11)17/h3-4,9,17H,2,6-8H2,1H3. The van der Waals surface area contributed by atoms with Gasteiger partial charge in [0.25, 0.3) is 5.91 Å². The molecule has 0 saturated carbocycles. The summed E-state index contributed by atoms with van der Waals surface area (Å²) in [6.07, 6.45) is 0.240. The Balaban J connectivity index is 2.91. The molecule has 0 aliphatic carbocycles. The molecule has 102 valence electrons. The van der Waals surface area contributed by atoms with Crippen molar-refractivity contribution in [1.29, 1.82) is 5.26 Å². The summed E-state index contributed by atoms with van der Waals surface area (Å²) in [5.41, 5.74) is 0.211. The molecule has 0 saturated heterocycles. The summed E-state index contributed by atoms with van der Waals surface area (Å²) < 4.78 is 5.65. The molecule has 0 heterocycles. The van der Waals surface area contributed by atoms with Crippen LogP contribution in [-0.4, -0.2) is 42.7 Å². The van der Waals surface area contributed by atoms with Crippen molar-refractivity contribution in [3.63, 3.8) is 0 Å². The number of carbonyl (C=O) groups excluding carboxylic acids is 1. The van der Waals surface area contributed by atoms with Gasteiger partial charge in [-0.2, -0.15) is 5.26 Å². The Hall–Kier alpha value is -1.58. The summed E-state index contributed by atoms with van der Waals surface area (Å²) in [5.74, 6) is -0.390. The van der Waals surface area contributed by atoms with Crippen LogP contribution in [0, 0.1) is 11.3 Å². The van der Waals surface area contributed by atoms with Crippen LogP contribution in [0.5, 0.6) is 5.75 Å². The summed E-state index contributed by atoms with van der Waals surface area (Å²) in [5, 5.41) is 18.4. The van der Waals surface area contributed by atoms with E-state index < -0.39 is 0 Å². The van der Waals surface area contributed by atoms with Gasteiger partial charge in [-0.25, -0.2) is 0 Å². The molecule has 0 aliphatic rings. The Morgan fingerprint density at radius 3 is 2.89 bits per heavy atom. The third kappa shape index (κ3) is 4.54. The number of phenols is 1. The predicted octanol–water partition coefficient (Wildman–Crippen LogP) is 2.16. The van der Waals surface area contributed by atoms with E-state index in [1.165, 1.54) is 11.0 Å². The second-order valence-electron chi connectivity index (χ2n) is 3.85. The van der Waals surface area contributed by atoms with Gasteiger partial charge < -0.3 is 14.7 Å². The van der Waals surface area contributed by atoms with E-state index in [0.29, 0.717) is 24.2 Å². The number of hydrogen-bond donors (Lipinski definition) is 1. The first-order valence-corrected chi connectivity index (χ1v) is 6.53. The van der Waals surface area contributed by atoms with Crippen LogP contribution in [0.1, 0.15) is 16.8 Å². The summed E-state index contributed by atoms with van der Waals surface area (Å²) in [6, 6.07) is 6.67. The van der Waals surface area contributed by atoms with Gasteiger partial charge >= 0.3 is 0 Å². The number of nitrogens with zero attached hydrogens (tertiary/aromatic N) is 2. The van der Waals surface area contributed by atoms with Gasteiger partial charge in [-0.05, 0) is 18.2 Å². The number of carbonyl (C=O) groups is 1. The van der Waals surface area contributed by atoms with Crippen molar-refractivity contribution in [3.05, 3.63) is 28.2 Å². The number of methoxy groups -OCH3 is 1. The van der Waals surface area contributed by atoms with Gasteiger partial charge in [-0.3, -0.25) is 4.79 Å². The lowest BCUT2D eigenvalue weighted by atomic mass is 10.1. The van der Waals surface area contributed by atoms with Gasteiger partial charge in [0.1, 0.15) is 5.75 Å². The monoisotopic (exact) mass is 326 g/mol. The molecule has 1 amide bonds. The van der Waals surface area contributed by atoms with Crippen LogP contribution in [0.3, 0.4) is 0 Å². The van der Waals surface area contributed by atoms with Crippen molar-refractivity contribution in [1.82, 2.24) is 4.90 Å². The highest BCUT2D eigenvalue weighted by Gasteiger charge is 2.18. The lowest BCUT2D eigenvalue weighted by Gasteiger charge is -2.21. The average molecular weight is 327 g/mol. The molecule has 6 heteroatoms. The van der Waals surface area contributed by atoms with Crippen molar-refractivity contribution < 1.29 is 14.6 Å². The SMILES string of the molecule is COCCN(CCC#N)C(=O)c1cc(Br)ccc1O. The number of rotatable bonds is 6. The fourth-order valence-corrected chi connectivity index (χ4v) is 1.91. The van der Waals surface area contributed by atoms with Crippen molar-refractivity contribution in [2.45, 2.75) is 6.42 Å². The topological polar surface area (TPSA) is 73.6 Å². The number of benzene rings is 1. The van der Waals surface area contributed by atoms with E-state index in [1.54, 1.807) is 19.2 Å². The molecule has 0 bridgehead atoms. The van der Waals surface area contributed by atoms with E-state index in [1.807, 2.05) is 6.07 Å². The van der Waals surface area contributed by atoms with Gasteiger partial charge in [0.2, 0.25) is 0 Å². The lowest BCUT2D eigenvalue weighted by molar-refractivity contribution is 0.0697. The van der Waals surface area contributed by atoms with E-state index in [2.05, 4.69) is 15.9 Å². The molecule has 0 aromatic heterocycles. The molecule has 0 atom stereocenters. The number of nitriles is 1. The van der Waals surface area contributed by atoms with Crippen LogP contribution in [0.2, 0.25) is 0 Å². The zero-order valence-electron chi connectivity index (χ0n) is 10.6. The van der Waals surface area contributed by atoms with E-state index >= 15 is 0 Å². The van der Waals surface area contributed by atoms with Crippen LogP contribution in [0.4, 0.5) is 0 Å². The molecule has 1 rings (SSSR count). The summed E-state index contributed by atoms with van der Waals surface area (Å²) in [4.78, 5) is 13.8. The van der Waals surface area contributed by atoms with E-state index in [4.69, 9.17) is 10.00 Å². The van der Waals surface area contributed by atoms with Gasteiger partial charge in [-0.1, -0.05) is 15.9 Å². The first-order valence-electron chi connectivity index (χ1n) is 5.73. The molecule has 19 heavy (non-hydrogen) atoms. The molecule has 1 aromatic carbocycles. The maximum absolute atomic E-state index is 12.3. The molecule has 1 aromatic rings. The highest BCUT2D eigenvalue weighted by molar-refractivity contribution is 9.10. The molecule has 0 aliphatic heterocycles. The molecule has 0 spiro atoms. The normalized spacial score (nSPS) is 9.95. The van der Waals surface area contributed by atoms with Crippen LogP contribution < -0.4 is 0 Å². The smallest absolute Gasteiger partial charge is 0.257 e. The summed E-state index contributed by atoms with van der Waals surface area (Å²) in [6.45, 7) is 1.07.